The summed E-state index contributed by atoms with van der Waals surface area (Å²) in [5.41, 5.74) is 7.46. The van der Waals surface area contributed by atoms with Crippen molar-refractivity contribution in [2.45, 2.75) is 57.7 Å². The molecule has 0 fully saturated rings. The fourth-order valence-corrected chi connectivity index (χ4v) is 2.72. The number of aliphatic hydroxyl groups is 4. The van der Waals surface area contributed by atoms with E-state index in [1.165, 1.54) is 12.8 Å². The molecule has 0 spiro atoms. The highest BCUT2D eigenvalue weighted by atomic mass is 16.5. The highest BCUT2D eigenvalue weighted by molar-refractivity contribution is 5.62. The fourth-order valence-electron chi connectivity index (χ4n) is 2.72. The van der Waals surface area contributed by atoms with Gasteiger partial charge in [0.05, 0.1) is 37.7 Å². The monoisotopic (exact) mass is 384 g/mol. The van der Waals surface area contributed by atoms with E-state index in [0.29, 0.717) is 44.0 Å². The van der Waals surface area contributed by atoms with Crippen molar-refractivity contribution in [2.24, 2.45) is 0 Å². The van der Waals surface area contributed by atoms with Crippen molar-refractivity contribution < 1.29 is 25.2 Å². The van der Waals surface area contributed by atoms with E-state index in [9.17, 15) is 10.2 Å². The molecule has 0 aliphatic rings. The quantitative estimate of drug-likeness (QED) is 0.230. The molecule has 7 nitrogen and oxygen atoms in total. The smallest absolute Gasteiger partial charge is 0.144 e. The van der Waals surface area contributed by atoms with E-state index in [1.54, 1.807) is 6.07 Å². The number of hydrogen-bond donors (Lipinski definition) is 5. The normalized spacial score (nSPS) is 13.4. The lowest BCUT2D eigenvalue weighted by Crippen LogP contribution is -2.31. The Morgan fingerprint density at radius 3 is 2.19 bits per heavy atom. The van der Waals surface area contributed by atoms with Gasteiger partial charge in [0.15, 0.2) is 0 Å². The van der Waals surface area contributed by atoms with Gasteiger partial charge >= 0.3 is 0 Å². The molecule has 156 valence electrons. The van der Waals surface area contributed by atoms with Crippen LogP contribution in [0.5, 0.6) is 5.75 Å². The Morgan fingerprint density at radius 1 is 1.00 bits per heavy atom. The topological polar surface area (TPSA) is 119 Å². The first-order valence-electron chi connectivity index (χ1n) is 9.86. The predicted molar refractivity (Wildman–Crippen MR) is 108 cm³/mol. The van der Waals surface area contributed by atoms with Crippen LogP contribution in [0.25, 0.3) is 0 Å². The average Bonchev–Trinajstić information content (AvgIpc) is 2.68. The fraction of sp³-hybridized carbons (Fsp3) is 0.700. The number of rotatable bonds is 15. The number of nitrogen functional groups attached to an aromatic ring is 1. The van der Waals surface area contributed by atoms with Gasteiger partial charge in [0.25, 0.3) is 0 Å². The third-order valence-corrected chi connectivity index (χ3v) is 4.50. The number of aliphatic hydroxyl groups excluding tert-OH is 4. The molecule has 0 amide bonds. The summed E-state index contributed by atoms with van der Waals surface area (Å²) in [6, 6.07) is 5.52. The van der Waals surface area contributed by atoms with Crippen molar-refractivity contribution in [3.05, 3.63) is 18.2 Å². The highest BCUT2D eigenvalue weighted by Gasteiger charge is 2.14. The lowest BCUT2D eigenvalue weighted by atomic mass is 10.1. The van der Waals surface area contributed by atoms with Crippen LogP contribution in [-0.4, -0.2) is 65.5 Å². The van der Waals surface area contributed by atoms with E-state index in [4.69, 9.17) is 20.7 Å². The van der Waals surface area contributed by atoms with Gasteiger partial charge in [-0.2, -0.15) is 0 Å². The third-order valence-electron chi connectivity index (χ3n) is 4.50. The van der Waals surface area contributed by atoms with Crippen LogP contribution in [0.3, 0.4) is 0 Å². The van der Waals surface area contributed by atoms with Gasteiger partial charge in [-0.1, -0.05) is 26.2 Å². The minimum absolute atomic E-state index is 0.291. The summed E-state index contributed by atoms with van der Waals surface area (Å²) < 4.78 is 5.84. The molecule has 0 aromatic heterocycles. The SMILES string of the molecule is CCCCCCOc1cc(N(CCC(O)CO)CCC(O)CO)ccc1N. The van der Waals surface area contributed by atoms with E-state index in [1.807, 2.05) is 17.0 Å². The Labute approximate surface area is 162 Å². The lowest BCUT2D eigenvalue weighted by Gasteiger charge is -2.27. The molecule has 1 aromatic rings. The van der Waals surface area contributed by atoms with E-state index >= 15 is 0 Å². The second kappa shape index (κ2) is 13.6. The summed E-state index contributed by atoms with van der Waals surface area (Å²) in [4.78, 5) is 1.99. The van der Waals surface area contributed by atoms with Crippen molar-refractivity contribution in [1.29, 1.82) is 0 Å². The van der Waals surface area contributed by atoms with Gasteiger partial charge in [0.1, 0.15) is 5.75 Å². The molecule has 0 radical (unpaired) electrons. The molecular formula is C20H36N2O5. The van der Waals surface area contributed by atoms with Crippen LogP contribution in [0.15, 0.2) is 18.2 Å². The Balaban J connectivity index is 2.77. The van der Waals surface area contributed by atoms with Crippen LogP contribution in [0.2, 0.25) is 0 Å². The van der Waals surface area contributed by atoms with Crippen LogP contribution in [0.4, 0.5) is 11.4 Å². The van der Waals surface area contributed by atoms with Crippen molar-refractivity contribution in [3.8, 4) is 5.75 Å². The van der Waals surface area contributed by atoms with Crippen molar-refractivity contribution in [1.82, 2.24) is 0 Å². The first-order valence-corrected chi connectivity index (χ1v) is 9.86. The van der Waals surface area contributed by atoms with Gasteiger partial charge in [-0.15, -0.1) is 0 Å². The molecule has 2 atom stereocenters. The van der Waals surface area contributed by atoms with E-state index < -0.39 is 12.2 Å². The summed E-state index contributed by atoms with van der Waals surface area (Å²) in [7, 11) is 0. The predicted octanol–water partition coefficient (Wildman–Crippen LogP) is 1.52. The molecule has 1 rings (SSSR count). The minimum Gasteiger partial charge on any atom is -0.491 e. The molecule has 1 aromatic carbocycles. The Kier molecular flexibility index (Phi) is 11.8. The summed E-state index contributed by atoms with van der Waals surface area (Å²) >= 11 is 0. The first kappa shape index (κ1) is 23.5. The van der Waals surface area contributed by atoms with Gasteiger partial charge in [0, 0.05) is 24.8 Å². The maximum Gasteiger partial charge on any atom is 0.144 e. The zero-order valence-electron chi connectivity index (χ0n) is 16.4. The van der Waals surface area contributed by atoms with Gasteiger partial charge < -0.3 is 35.8 Å². The molecule has 27 heavy (non-hydrogen) atoms. The second-order valence-electron chi connectivity index (χ2n) is 6.87. The number of hydrogen-bond acceptors (Lipinski definition) is 7. The highest BCUT2D eigenvalue weighted by Crippen LogP contribution is 2.28. The number of nitrogens with zero attached hydrogens (tertiary/aromatic N) is 1. The van der Waals surface area contributed by atoms with Gasteiger partial charge in [0.2, 0.25) is 0 Å². The number of benzene rings is 1. The number of nitrogens with two attached hydrogens (primary N) is 1. The van der Waals surface area contributed by atoms with Crippen LogP contribution >= 0.6 is 0 Å². The molecule has 0 saturated carbocycles. The first-order chi connectivity index (χ1) is 13.0. The van der Waals surface area contributed by atoms with E-state index in [2.05, 4.69) is 6.92 Å². The number of ether oxygens (including phenoxy) is 1. The second-order valence-corrected chi connectivity index (χ2v) is 6.87. The zero-order chi connectivity index (χ0) is 20.1. The number of unbranched alkanes of at least 4 members (excludes halogenated alkanes) is 3. The molecule has 7 heteroatoms. The summed E-state index contributed by atoms with van der Waals surface area (Å²) in [5.74, 6) is 0.624. The van der Waals surface area contributed by atoms with Crippen molar-refractivity contribution in [2.75, 3.05) is 43.5 Å². The largest absolute Gasteiger partial charge is 0.491 e. The van der Waals surface area contributed by atoms with Gasteiger partial charge in [-0.05, 0) is 31.4 Å². The Bertz CT molecular complexity index is 501. The third kappa shape index (κ3) is 9.28. The van der Waals surface area contributed by atoms with Crippen molar-refractivity contribution in [3.63, 3.8) is 0 Å². The van der Waals surface area contributed by atoms with Crippen LogP contribution in [0, 0.1) is 0 Å². The molecular weight excluding hydrogens is 348 g/mol. The molecule has 0 aliphatic heterocycles. The maximum atomic E-state index is 9.65. The minimum atomic E-state index is -0.793. The summed E-state index contributed by atoms with van der Waals surface area (Å²) in [6.45, 7) is 3.19. The standard InChI is InChI=1S/C20H36N2O5/c1-2-3-4-5-12-27-20-13-16(6-7-19(20)21)22(10-8-17(25)14-23)11-9-18(26)15-24/h6-7,13,17-18,23-26H,2-5,8-12,14-15,21H2,1H3. The van der Waals surface area contributed by atoms with Crippen molar-refractivity contribution >= 4 is 11.4 Å². The maximum absolute atomic E-state index is 9.65. The summed E-state index contributed by atoms with van der Waals surface area (Å²) in [5, 5.41) is 37.4. The molecule has 0 heterocycles. The van der Waals surface area contributed by atoms with Crippen LogP contribution in [-0.2, 0) is 0 Å². The van der Waals surface area contributed by atoms with Gasteiger partial charge in [-0.3, -0.25) is 0 Å². The lowest BCUT2D eigenvalue weighted by molar-refractivity contribution is 0.0854. The number of anilines is 2. The van der Waals surface area contributed by atoms with E-state index in [0.717, 1.165) is 18.5 Å². The zero-order valence-corrected chi connectivity index (χ0v) is 16.4. The van der Waals surface area contributed by atoms with Crippen LogP contribution < -0.4 is 15.4 Å². The molecule has 2 unspecified atom stereocenters. The molecule has 6 N–H and O–H groups in total. The summed E-state index contributed by atoms with van der Waals surface area (Å²) in [6.07, 6.45) is 3.66. The Hall–Kier alpha value is -1.54. The molecule has 0 bridgehead atoms. The average molecular weight is 385 g/mol. The van der Waals surface area contributed by atoms with Gasteiger partial charge in [-0.25, -0.2) is 0 Å². The Morgan fingerprint density at radius 2 is 1.63 bits per heavy atom. The van der Waals surface area contributed by atoms with Crippen LogP contribution in [0.1, 0.15) is 45.4 Å². The molecule has 0 saturated heterocycles. The molecule has 0 aliphatic carbocycles. The van der Waals surface area contributed by atoms with E-state index in [-0.39, 0.29) is 13.2 Å².